The van der Waals surface area contributed by atoms with Crippen molar-refractivity contribution in [3.8, 4) is 0 Å². The first kappa shape index (κ1) is 14.3. The molecule has 2 aliphatic rings. The van der Waals surface area contributed by atoms with Crippen molar-refractivity contribution in [3.05, 3.63) is 0 Å². The molecule has 106 valence electrons. The quantitative estimate of drug-likeness (QED) is 0.827. The lowest BCUT2D eigenvalue weighted by Crippen LogP contribution is -2.55. The fraction of sp³-hybridized carbons (Fsp3) is 1.00. The molecule has 1 saturated carbocycles. The van der Waals surface area contributed by atoms with E-state index in [4.69, 9.17) is 0 Å². The second-order valence-corrected chi connectivity index (χ2v) is 7.12. The molecule has 3 atom stereocenters. The standard InChI is InChI=1S/C15H31N3/c1-15(2)9-8-13(14(15)16-3)18-10-6-7-12(11-18)17(4)5/h12-14,16H,6-11H2,1-5H3. The molecule has 0 spiro atoms. The summed E-state index contributed by atoms with van der Waals surface area (Å²) in [5.41, 5.74) is 0.449. The van der Waals surface area contributed by atoms with Gasteiger partial charge in [0.05, 0.1) is 0 Å². The van der Waals surface area contributed by atoms with E-state index in [0.29, 0.717) is 11.5 Å². The van der Waals surface area contributed by atoms with Crippen LogP contribution in [0.4, 0.5) is 0 Å². The topological polar surface area (TPSA) is 18.5 Å². The van der Waals surface area contributed by atoms with Gasteiger partial charge in [-0.25, -0.2) is 0 Å². The number of nitrogens with zero attached hydrogens (tertiary/aromatic N) is 2. The van der Waals surface area contributed by atoms with Crippen molar-refractivity contribution in [1.29, 1.82) is 0 Å². The summed E-state index contributed by atoms with van der Waals surface area (Å²) in [6, 6.07) is 2.14. The van der Waals surface area contributed by atoms with Crippen molar-refractivity contribution in [1.82, 2.24) is 15.1 Å². The number of piperidine rings is 1. The molecule has 0 amide bonds. The van der Waals surface area contributed by atoms with Gasteiger partial charge in [0.2, 0.25) is 0 Å². The maximum atomic E-state index is 3.59. The molecule has 0 radical (unpaired) electrons. The van der Waals surface area contributed by atoms with Crippen LogP contribution in [0.5, 0.6) is 0 Å². The van der Waals surface area contributed by atoms with Crippen LogP contribution >= 0.6 is 0 Å². The maximum absolute atomic E-state index is 3.59. The Morgan fingerprint density at radius 3 is 2.56 bits per heavy atom. The lowest BCUT2D eigenvalue weighted by Gasteiger charge is -2.43. The predicted octanol–water partition coefficient (Wildman–Crippen LogP) is 1.79. The Bertz CT molecular complexity index is 275. The van der Waals surface area contributed by atoms with Crippen LogP contribution in [0.25, 0.3) is 0 Å². The third kappa shape index (κ3) is 2.73. The maximum Gasteiger partial charge on any atom is 0.0271 e. The average molecular weight is 253 g/mol. The van der Waals surface area contributed by atoms with Crippen LogP contribution in [0.15, 0.2) is 0 Å². The Balaban J connectivity index is 2.03. The summed E-state index contributed by atoms with van der Waals surface area (Å²) in [5, 5.41) is 3.59. The van der Waals surface area contributed by atoms with Crippen molar-refractivity contribution in [3.63, 3.8) is 0 Å². The van der Waals surface area contributed by atoms with E-state index < -0.39 is 0 Å². The van der Waals surface area contributed by atoms with Gasteiger partial charge in [-0.05, 0) is 58.8 Å². The molecule has 0 aromatic rings. The van der Waals surface area contributed by atoms with Gasteiger partial charge in [0.25, 0.3) is 0 Å². The molecule has 2 rings (SSSR count). The fourth-order valence-corrected chi connectivity index (χ4v) is 4.05. The van der Waals surface area contributed by atoms with Gasteiger partial charge in [0, 0.05) is 24.7 Å². The number of likely N-dealkylation sites (N-methyl/N-ethyl adjacent to an activating group) is 2. The van der Waals surface area contributed by atoms with Gasteiger partial charge in [-0.15, -0.1) is 0 Å². The number of hydrogen-bond donors (Lipinski definition) is 1. The molecule has 1 heterocycles. The van der Waals surface area contributed by atoms with Crippen molar-refractivity contribution < 1.29 is 0 Å². The number of nitrogens with one attached hydrogen (secondary N) is 1. The van der Waals surface area contributed by atoms with Gasteiger partial charge in [0.1, 0.15) is 0 Å². The van der Waals surface area contributed by atoms with Crippen LogP contribution in [0.1, 0.15) is 39.5 Å². The van der Waals surface area contributed by atoms with E-state index in [0.717, 1.165) is 12.1 Å². The van der Waals surface area contributed by atoms with E-state index in [1.165, 1.54) is 38.8 Å². The van der Waals surface area contributed by atoms with Gasteiger partial charge in [-0.2, -0.15) is 0 Å². The molecule has 3 heteroatoms. The monoisotopic (exact) mass is 253 g/mol. The first-order valence-corrected chi connectivity index (χ1v) is 7.53. The van der Waals surface area contributed by atoms with E-state index in [2.05, 4.69) is 50.1 Å². The van der Waals surface area contributed by atoms with Crippen LogP contribution in [0.2, 0.25) is 0 Å². The highest BCUT2D eigenvalue weighted by Crippen LogP contribution is 2.40. The molecule has 1 N–H and O–H groups in total. The molecular weight excluding hydrogens is 222 g/mol. The second kappa shape index (κ2) is 5.48. The summed E-state index contributed by atoms with van der Waals surface area (Å²) in [7, 11) is 6.59. The Labute approximate surface area is 113 Å². The lowest BCUT2D eigenvalue weighted by molar-refractivity contribution is 0.0776. The zero-order valence-electron chi connectivity index (χ0n) is 12.9. The van der Waals surface area contributed by atoms with Crippen molar-refractivity contribution >= 4 is 0 Å². The minimum atomic E-state index is 0.449. The van der Waals surface area contributed by atoms with Gasteiger partial charge in [-0.1, -0.05) is 13.8 Å². The lowest BCUT2D eigenvalue weighted by atomic mass is 9.86. The molecule has 3 unspecified atom stereocenters. The first-order valence-electron chi connectivity index (χ1n) is 7.53. The highest BCUT2D eigenvalue weighted by atomic mass is 15.2. The van der Waals surface area contributed by atoms with Crippen LogP contribution in [0.3, 0.4) is 0 Å². The minimum Gasteiger partial charge on any atom is -0.315 e. The Morgan fingerprint density at radius 2 is 1.94 bits per heavy atom. The van der Waals surface area contributed by atoms with Gasteiger partial charge in [-0.3, -0.25) is 4.90 Å². The average Bonchev–Trinajstić information content (AvgIpc) is 2.64. The molecule has 18 heavy (non-hydrogen) atoms. The molecular formula is C15H31N3. The van der Waals surface area contributed by atoms with Crippen molar-refractivity contribution in [2.45, 2.75) is 57.7 Å². The second-order valence-electron chi connectivity index (χ2n) is 7.12. The molecule has 3 nitrogen and oxygen atoms in total. The van der Waals surface area contributed by atoms with Gasteiger partial charge in [0.15, 0.2) is 0 Å². The third-order valence-electron chi connectivity index (χ3n) is 5.25. The van der Waals surface area contributed by atoms with E-state index in [-0.39, 0.29) is 0 Å². The SMILES string of the molecule is CNC1C(N2CCCC(N(C)C)C2)CCC1(C)C. The summed E-state index contributed by atoms with van der Waals surface area (Å²) >= 11 is 0. The first-order chi connectivity index (χ1) is 8.45. The van der Waals surface area contributed by atoms with Crippen LogP contribution in [-0.4, -0.2) is 62.2 Å². The van der Waals surface area contributed by atoms with Crippen LogP contribution < -0.4 is 5.32 Å². The normalized spacial score (nSPS) is 37.3. The summed E-state index contributed by atoms with van der Waals surface area (Å²) < 4.78 is 0. The van der Waals surface area contributed by atoms with Gasteiger partial charge < -0.3 is 10.2 Å². The highest BCUT2D eigenvalue weighted by Gasteiger charge is 2.44. The zero-order valence-corrected chi connectivity index (χ0v) is 12.9. The molecule has 1 aliphatic carbocycles. The summed E-state index contributed by atoms with van der Waals surface area (Å²) in [6.45, 7) is 7.39. The van der Waals surface area contributed by atoms with E-state index in [1.54, 1.807) is 0 Å². The molecule has 0 bridgehead atoms. The molecule has 1 aliphatic heterocycles. The van der Waals surface area contributed by atoms with Crippen LogP contribution in [0, 0.1) is 5.41 Å². The molecule has 0 aromatic heterocycles. The predicted molar refractivity (Wildman–Crippen MR) is 77.9 cm³/mol. The molecule has 1 saturated heterocycles. The summed E-state index contributed by atoms with van der Waals surface area (Å²) in [4.78, 5) is 5.16. The Morgan fingerprint density at radius 1 is 1.22 bits per heavy atom. The number of likely N-dealkylation sites (tertiary alicyclic amines) is 1. The van der Waals surface area contributed by atoms with Crippen molar-refractivity contribution in [2.24, 2.45) is 5.41 Å². The summed E-state index contributed by atoms with van der Waals surface area (Å²) in [5.74, 6) is 0. The number of rotatable bonds is 3. The molecule has 0 aromatic carbocycles. The van der Waals surface area contributed by atoms with E-state index in [1.807, 2.05) is 0 Å². The zero-order chi connectivity index (χ0) is 13.3. The van der Waals surface area contributed by atoms with Gasteiger partial charge >= 0.3 is 0 Å². The fourth-order valence-electron chi connectivity index (χ4n) is 4.05. The minimum absolute atomic E-state index is 0.449. The third-order valence-corrected chi connectivity index (χ3v) is 5.25. The van der Waals surface area contributed by atoms with E-state index in [9.17, 15) is 0 Å². The smallest absolute Gasteiger partial charge is 0.0271 e. The Kier molecular flexibility index (Phi) is 4.35. The summed E-state index contributed by atoms with van der Waals surface area (Å²) in [6.07, 6.45) is 5.44. The Hall–Kier alpha value is -0.120. The number of hydrogen-bond acceptors (Lipinski definition) is 3. The highest BCUT2D eigenvalue weighted by molar-refractivity contribution is 5.01. The largest absolute Gasteiger partial charge is 0.315 e. The van der Waals surface area contributed by atoms with Crippen LogP contribution in [-0.2, 0) is 0 Å². The van der Waals surface area contributed by atoms with Crippen molar-refractivity contribution in [2.75, 3.05) is 34.2 Å². The molecule has 2 fully saturated rings. The van der Waals surface area contributed by atoms with E-state index >= 15 is 0 Å².